The quantitative estimate of drug-likeness (QED) is 0.436. The average molecular weight is 447 g/mol. The van der Waals surface area contributed by atoms with Gasteiger partial charge in [0, 0.05) is 28.8 Å². The Morgan fingerprint density at radius 3 is 2.61 bits per heavy atom. The van der Waals surface area contributed by atoms with Crippen molar-refractivity contribution in [3.8, 4) is 5.75 Å². The number of halogens is 1. The van der Waals surface area contributed by atoms with Crippen LogP contribution in [0.2, 0.25) is 0 Å². The Kier molecular flexibility index (Phi) is 5.85. The van der Waals surface area contributed by atoms with Gasteiger partial charge in [0.15, 0.2) is 11.4 Å². The highest BCUT2D eigenvalue weighted by Gasteiger charge is 2.33. The Bertz CT molecular complexity index is 1010. The number of ketones is 1. The van der Waals surface area contributed by atoms with E-state index >= 15 is 0 Å². The van der Waals surface area contributed by atoms with Gasteiger partial charge in [-0.15, -0.1) is 0 Å². The fourth-order valence-electron chi connectivity index (χ4n) is 3.65. The molecule has 4 nitrogen and oxygen atoms in total. The highest BCUT2D eigenvalue weighted by molar-refractivity contribution is 9.09. The number of allylic oxidation sites excluding steroid dienone is 1. The standard InChI is InChI=1S/C23H27BrO4/c1-6-7-14-10-18(26)28-22-19(14)13(2)16(8-9-23(3,4)5)21-20(22)17(25)11-15(12-24)27-21/h8-10,15H,6-7,11-12H2,1-5H3/b9-8-. The normalized spacial score (nSPS) is 17.2. The van der Waals surface area contributed by atoms with Crippen LogP contribution in [0.5, 0.6) is 5.75 Å². The molecule has 3 rings (SSSR count). The predicted octanol–water partition coefficient (Wildman–Crippen LogP) is 5.84. The van der Waals surface area contributed by atoms with E-state index in [2.05, 4.69) is 49.7 Å². The molecule has 1 aromatic carbocycles. The molecule has 5 heteroatoms. The Labute approximate surface area is 174 Å². The zero-order valence-corrected chi connectivity index (χ0v) is 18.7. The lowest BCUT2D eigenvalue weighted by molar-refractivity contribution is 0.0876. The van der Waals surface area contributed by atoms with Crippen molar-refractivity contribution >= 4 is 38.8 Å². The molecule has 150 valence electrons. The summed E-state index contributed by atoms with van der Waals surface area (Å²) < 4.78 is 11.8. The van der Waals surface area contributed by atoms with E-state index in [1.165, 1.54) is 0 Å². The van der Waals surface area contributed by atoms with Gasteiger partial charge >= 0.3 is 5.63 Å². The number of alkyl halides is 1. The first-order chi connectivity index (χ1) is 13.2. The van der Waals surface area contributed by atoms with Gasteiger partial charge in [0.1, 0.15) is 17.4 Å². The van der Waals surface area contributed by atoms with Crippen molar-refractivity contribution in [3.63, 3.8) is 0 Å². The molecule has 0 amide bonds. The third kappa shape index (κ3) is 3.95. The van der Waals surface area contributed by atoms with Gasteiger partial charge in [-0.1, -0.05) is 62.2 Å². The maximum Gasteiger partial charge on any atom is 0.336 e. The molecule has 1 aliphatic heterocycles. The molecular weight excluding hydrogens is 420 g/mol. The molecule has 1 aromatic heterocycles. The van der Waals surface area contributed by atoms with Crippen LogP contribution in [0.3, 0.4) is 0 Å². The molecule has 0 spiro atoms. The summed E-state index contributed by atoms with van der Waals surface area (Å²) in [6.07, 6.45) is 5.84. The molecule has 0 N–H and O–H groups in total. The van der Waals surface area contributed by atoms with Crippen LogP contribution in [0, 0.1) is 12.3 Å². The van der Waals surface area contributed by atoms with Crippen molar-refractivity contribution in [3.05, 3.63) is 44.8 Å². The molecular formula is C23H27BrO4. The molecule has 28 heavy (non-hydrogen) atoms. The molecule has 2 aromatic rings. The molecule has 2 heterocycles. The van der Waals surface area contributed by atoms with Gasteiger partial charge in [-0.25, -0.2) is 4.79 Å². The van der Waals surface area contributed by atoms with Gasteiger partial charge in [0.2, 0.25) is 0 Å². The van der Waals surface area contributed by atoms with Crippen molar-refractivity contribution in [2.75, 3.05) is 5.33 Å². The first-order valence-corrected chi connectivity index (χ1v) is 10.9. The second-order valence-corrected chi connectivity index (χ2v) is 9.16. The van der Waals surface area contributed by atoms with Gasteiger partial charge in [0.05, 0.1) is 0 Å². The van der Waals surface area contributed by atoms with Gasteiger partial charge in [-0.3, -0.25) is 4.79 Å². The summed E-state index contributed by atoms with van der Waals surface area (Å²) in [6, 6.07) is 1.55. The maximum absolute atomic E-state index is 13.0. The number of Topliss-reactive ketones (excluding diaryl/α,β-unsaturated/α-hetero) is 1. The number of hydrogen-bond donors (Lipinski definition) is 0. The minimum Gasteiger partial charge on any atom is -0.488 e. The second-order valence-electron chi connectivity index (χ2n) is 8.51. The van der Waals surface area contributed by atoms with E-state index in [1.807, 2.05) is 13.0 Å². The highest BCUT2D eigenvalue weighted by Crippen LogP contribution is 2.42. The molecule has 1 aliphatic rings. The van der Waals surface area contributed by atoms with Crippen molar-refractivity contribution in [2.24, 2.45) is 5.41 Å². The van der Waals surface area contributed by atoms with Crippen LogP contribution >= 0.6 is 15.9 Å². The van der Waals surface area contributed by atoms with E-state index in [4.69, 9.17) is 9.15 Å². The summed E-state index contributed by atoms with van der Waals surface area (Å²) in [6.45, 7) is 10.5. The fraction of sp³-hybridized carbons (Fsp3) is 0.478. The third-order valence-corrected chi connectivity index (χ3v) is 5.66. The number of fused-ring (bicyclic) bond motifs is 3. The van der Waals surface area contributed by atoms with Crippen LogP contribution < -0.4 is 10.4 Å². The number of hydrogen-bond acceptors (Lipinski definition) is 4. The number of carbonyl (C=O) groups excluding carboxylic acids is 1. The summed E-state index contributed by atoms with van der Waals surface area (Å²) >= 11 is 3.43. The minimum atomic E-state index is -0.425. The molecule has 1 atom stereocenters. The van der Waals surface area contributed by atoms with Crippen molar-refractivity contribution in [1.82, 2.24) is 0 Å². The van der Waals surface area contributed by atoms with E-state index in [9.17, 15) is 9.59 Å². The zero-order chi connectivity index (χ0) is 20.6. The predicted molar refractivity (Wildman–Crippen MR) is 117 cm³/mol. The number of carbonyl (C=O) groups is 1. The SMILES string of the molecule is CCCc1cc(=O)oc2c3c(c(/C=C\C(C)(C)C)c(C)c12)OC(CBr)CC3=O. The largest absolute Gasteiger partial charge is 0.488 e. The number of benzene rings is 1. The monoisotopic (exact) mass is 446 g/mol. The summed E-state index contributed by atoms with van der Waals surface area (Å²) in [4.78, 5) is 25.2. The Morgan fingerprint density at radius 1 is 1.29 bits per heavy atom. The molecule has 1 unspecified atom stereocenters. The molecule has 0 saturated heterocycles. The smallest absolute Gasteiger partial charge is 0.336 e. The van der Waals surface area contributed by atoms with Crippen molar-refractivity contribution < 1.29 is 13.9 Å². The number of ether oxygens (including phenoxy) is 1. The maximum atomic E-state index is 13.0. The third-order valence-electron chi connectivity index (χ3n) is 4.94. The van der Waals surface area contributed by atoms with Gasteiger partial charge in [-0.05, 0) is 29.9 Å². The minimum absolute atomic E-state index is 0.0166. The van der Waals surface area contributed by atoms with Gasteiger partial charge in [-0.2, -0.15) is 0 Å². The van der Waals surface area contributed by atoms with Crippen LogP contribution in [0.15, 0.2) is 21.4 Å². The van der Waals surface area contributed by atoms with Crippen LogP contribution in [0.4, 0.5) is 0 Å². The van der Waals surface area contributed by atoms with Crippen LogP contribution in [0.1, 0.15) is 67.6 Å². The topological polar surface area (TPSA) is 56.5 Å². The summed E-state index contributed by atoms with van der Waals surface area (Å²) in [7, 11) is 0. The molecule has 0 bridgehead atoms. The summed E-state index contributed by atoms with van der Waals surface area (Å²) in [5.41, 5.74) is 3.13. The summed E-state index contributed by atoms with van der Waals surface area (Å²) in [5, 5.41) is 1.43. The molecule has 0 aliphatic carbocycles. The number of aryl methyl sites for hydroxylation is 2. The summed E-state index contributed by atoms with van der Waals surface area (Å²) in [5.74, 6) is 0.487. The zero-order valence-electron chi connectivity index (χ0n) is 17.1. The van der Waals surface area contributed by atoms with Gasteiger partial charge in [0.25, 0.3) is 0 Å². The lowest BCUT2D eigenvalue weighted by Gasteiger charge is -2.28. The van der Waals surface area contributed by atoms with E-state index < -0.39 is 5.63 Å². The van der Waals surface area contributed by atoms with Crippen LogP contribution in [-0.4, -0.2) is 17.2 Å². The first kappa shape index (κ1) is 20.8. The first-order valence-electron chi connectivity index (χ1n) is 9.74. The van der Waals surface area contributed by atoms with E-state index in [0.29, 0.717) is 22.2 Å². The van der Waals surface area contributed by atoms with Crippen LogP contribution in [-0.2, 0) is 6.42 Å². The van der Waals surface area contributed by atoms with Crippen LogP contribution in [0.25, 0.3) is 17.0 Å². The molecule has 0 radical (unpaired) electrons. The lowest BCUT2D eigenvalue weighted by atomic mass is 9.88. The molecule has 0 fully saturated rings. The van der Waals surface area contributed by atoms with Gasteiger partial charge < -0.3 is 9.15 Å². The van der Waals surface area contributed by atoms with E-state index in [-0.39, 0.29) is 23.7 Å². The van der Waals surface area contributed by atoms with E-state index in [0.717, 1.165) is 34.9 Å². The Hall–Kier alpha value is -1.88. The average Bonchev–Trinajstić information content (AvgIpc) is 2.59. The number of rotatable bonds is 4. The Morgan fingerprint density at radius 2 is 2.00 bits per heavy atom. The Balaban J connectivity index is 2.43. The highest BCUT2D eigenvalue weighted by atomic mass is 79.9. The van der Waals surface area contributed by atoms with E-state index in [1.54, 1.807) is 6.07 Å². The lowest BCUT2D eigenvalue weighted by Crippen LogP contribution is -2.29. The van der Waals surface area contributed by atoms with Crippen molar-refractivity contribution in [2.45, 2.75) is 60.0 Å². The second kappa shape index (κ2) is 7.86. The fourth-order valence-corrected chi connectivity index (χ4v) is 4.01. The van der Waals surface area contributed by atoms with Crippen molar-refractivity contribution in [1.29, 1.82) is 0 Å². The molecule has 0 saturated carbocycles.